The van der Waals surface area contributed by atoms with Gasteiger partial charge in [0.05, 0.1) is 6.26 Å². The Balaban J connectivity index is 2.36. The maximum atomic E-state index is 5.74. The molecule has 0 aromatic carbocycles. The van der Waals surface area contributed by atoms with E-state index in [0.717, 1.165) is 18.9 Å². The van der Waals surface area contributed by atoms with Crippen LogP contribution < -0.4 is 5.32 Å². The van der Waals surface area contributed by atoms with E-state index in [2.05, 4.69) is 39.9 Å². The van der Waals surface area contributed by atoms with Gasteiger partial charge in [-0.1, -0.05) is 20.3 Å². The van der Waals surface area contributed by atoms with Gasteiger partial charge in [-0.15, -0.1) is 0 Å². The van der Waals surface area contributed by atoms with Gasteiger partial charge < -0.3 is 14.5 Å². The van der Waals surface area contributed by atoms with Crippen LogP contribution in [0.25, 0.3) is 0 Å². The first kappa shape index (κ1) is 16.3. The first-order valence-electron chi connectivity index (χ1n) is 7.30. The van der Waals surface area contributed by atoms with E-state index < -0.39 is 0 Å². The van der Waals surface area contributed by atoms with Crippen LogP contribution in [-0.2, 0) is 17.9 Å². The molecule has 0 spiro atoms. The fourth-order valence-corrected chi connectivity index (χ4v) is 1.94. The molecule has 0 fully saturated rings. The van der Waals surface area contributed by atoms with Crippen LogP contribution in [0.5, 0.6) is 0 Å². The Morgan fingerprint density at radius 2 is 2.11 bits per heavy atom. The van der Waals surface area contributed by atoms with Gasteiger partial charge in [0.2, 0.25) is 0 Å². The molecular formula is C16H29NO2. The van der Waals surface area contributed by atoms with Crippen LogP contribution in [0.2, 0.25) is 0 Å². The highest BCUT2D eigenvalue weighted by molar-refractivity contribution is 5.16. The molecule has 1 aromatic rings. The molecule has 0 amide bonds. The lowest BCUT2D eigenvalue weighted by Crippen LogP contribution is -2.35. The predicted octanol–water partition coefficient (Wildman–Crippen LogP) is 4.12. The Morgan fingerprint density at radius 3 is 2.74 bits per heavy atom. The van der Waals surface area contributed by atoms with Gasteiger partial charge in [-0.05, 0) is 39.2 Å². The number of furan rings is 1. The second-order valence-corrected chi connectivity index (χ2v) is 6.38. The van der Waals surface area contributed by atoms with Crippen molar-refractivity contribution in [1.82, 2.24) is 5.32 Å². The largest absolute Gasteiger partial charge is 0.467 e. The summed E-state index contributed by atoms with van der Waals surface area (Å²) in [7, 11) is 0. The molecule has 3 heteroatoms. The average Bonchev–Trinajstić information content (AvgIpc) is 2.73. The molecule has 1 rings (SSSR count). The monoisotopic (exact) mass is 267 g/mol. The SMILES string of the molecule is CCCC(C)COCc1occc1CNC(C)(C)C. The fourth-order valence-electron chi connectivity index (χ4n) is 1.94. The Hall–Kier alpha value is -0.800. The number of rotatable bonds is 8. The third-order valence-corrected chi connectivity index (χ3v) is 3.06. The van der Waals surface area contributed by atoms with E-state index in [-0.39, 0.29) is 5.54 Å². The molecule has 0 aliphatic rings. The molecule has 0 bridgehead atoms. The van der Waals surface area contributed by atoms with Gasteiger partial charge in [-0.25, -0.2) is 0 Å². The minimum atomic E-state index is 0.116. The summed E-state index contributed by atoms with van der Waals surface area (Å²) in [5, 5.41) is 3.47. The Bertz CT molecular complexity index is 352. The van der Waals surface area contributed by atoms with Gasteiger partial charge in [-0.2, -0.15) is 0 Å². The quantitative estimate of drug-likeness (QED) is 0.769. The van der Waals surface area contributed by atoms with E-state index in [1.54, 1.807) is 6.26 Å². The van der Waals surface area contributed by atoms with E-state index in [1.165, 1.54) is 18.4 Å². The molecule has 1 unspecified atom stereocenters. The fraction of sp³-hybridized carbons (Fsp3) is 0.750. The zero-order chi connectivity index (χ0) is 14.3. The molecule has 0 saturated heterocycles. The van der Waals surface area contributed by atoms with Crippen molar-refractivity contribution in [2.75, 3.05) is 6.61 Å². The third kappa shape index (κ3) is 6.79. The van der Waals surface area contributed by atoms with Gasteiger partial charge in [0.15, 0.2) is 0 Å². The summed E-state index contributed by atoms with van der Waals surface area (Å²) in [6.45, 7) is 13.1. The van der Waals surface area contributed by atoms with Gasteiger partial charge in [0, 0.05) is 24.3 Å². The predicted molar refractivity (Wildman–Crippen MR) is 79.0 cm³/mol. The van der Waals surface area contributed by atoms with Crippen LogP contribution in [0, 0.1) is 5.92 Å². The maximum Gasteiger partial charge on any atom is 0.133 e. The summed E-state index contributed by atoms with van der Waals surface area (Å²) in [6.07, 6.45) is 4.18. The van der Waals surface area contributed by atoms with E-state index in [4.69, 9.17) is 9.15 Å². The lowest BCUT2D eigenvalue weighted by molar-refractivity contribution is 0.0768. The minimum absolute atomic E-state index is 0.116. The number of hydrogen-bond donors (Lipinski definition) is 1. The van der Waals surface area contributed by atoms with Crippen molar-refractivity contribution in [2.24, 2.45) is 5.92 Å². The van der Waals surface area contributed by atoms with E-state index in [9.17, 15) is 0 Å². The van der Waals surface area contributed by atoms with Gasteiger partial charge in [-0.3, -0.25) is 0 Å². The Labute approximate surface area is 117 Å². The third-order valence-electron chi connectivity index (χ3n) is 3.06. The lowest BCUT2D eigenvalue weighted by atomic mass is 10.1. The molecule has 110 valence electrons. The van der Waals surface area contributed by atoms with Crippen molar-refractivity contribution >= 4 is 0 Å². The highest BCUT2D eigenvalue weighted by atomic mass is 16.5. The maximum absolute atomic E-state index is 5.74. The zero-order valence-corrected chi connectivity index (χ0v) is 13.1. The number of nitrogens with one attached hydrogen (secondary N) is 1. The standard InChI is InChI=1S/C16H29NO2/c1-6-7-13(2)11-18-12-15-14(8-9-19-15)10-17-16(3,4)5/h8-9,13,17H,6-7,10-12H2,1-5H3. The van der Waals surface area contributed by atoms with Gasteiger partial charge in [0.1, 0.15) is 12.4 Å². The summed E-state index contributed by atoms with van der Waals surface area (Å²) in [5.41, 5.74) is 1.31. The highest BCUT2D eigenvalue weighted by Crippen LogP contribution is 2.14. The highest BCUT2D eigenvalue weighted by Gasteiger charge is 2.12. The van der Waals surface area contributed by atoms with Crippen LogP contribution >= 0.6 is 0 Å². The number of ether oxygens (including phenoxy) is 1. The van der Waals surface area contributed by atoms with Gasteiger partial charge >= 0.3 is 0 Å². The molecule has 0 radical (unpaired) electrons. The van der Waals surface area contributed by atoms with Crippen LogP contribution in [0.1, 0.15) is 58.8 Å². The Kier molecular flexibility index (Phi) is 6.59. The smallest absolute Gasteiger partial charge is 0.133 e. The molecule has 1 heterocycles. The molecule has 3 nitrogen and oxygen atoms in total. The topological polar surface area (TPSA) is 34.4 Å². The van der Waals surface area contributed by atoms with E-state index in [0.29, 0.717) is 12.5 Å². The van der Waals surface area contributed by atoms with Crippen molar-refractivity contribution in [2.45, 2.75) is 66.2 Å². The molecular weight excluding hydrogens is 238 g/mol. The lowest BCUT2D eigenvalue weighted by Gasteiger charge is -2.20. The van der Waals surface area contributed by atoms with Crippen molar-refractivity contribution in [1.29, 1.82) is 0 Å². The van der Waals surface area contributed by atoms with Gasteiger partial charge in [0.25, 0.3) is 0 Å². The molecule has 0 aliphatic carbocycles. The van der Waals surface area contributed by atoms with E-state index in [1.807, 2.05) is 6.07 Å². The van der Waals surface area contributed by atoms with Crippen molar-refractivity contribution in [3.8, 4) is 0 Å². The van der Waals surface area contributed by atoms with Crippen LogP contribution in [0.15, 0.2) is 16.7 Å². The second kappa shape index (κ2) is 7.71. The van der Waals surface area contributed by atoms with Crippen LogP contribution in [0.4, 0.5) is 0 Å². The second-order valence-electron chi connectivity index (χ2n) is 6.38. The first-order valence-corrected chi connectivity index (χ1v) is 7.30. The molecule has 19 heavy (non-hydrogen) atoms. The van der Waals surface area contributed by atoms with Crippen LogP contribution in [0.3, 0.4) is 0 Å². The van der Waals surface area contributed by atoms with Crippen molar-refractivity contribution in [3.05, 3.63) is 23.7 Å². The average molecular weight is 267 g/mol. The summed E-state index contributed by atoms with van der Waals surface area (Å²) in [4.78, 5) is 0. The normalized spacial score (nSPS) is 13.7. The Morgan fingerprint density at radius 1 is 1.37 bits per heavy atom. The minimum Gasteiger partial charge on any atom is -0.467 e. The van der Waals surface area contributed by atoms with Crippen molar-refractivity contribution in [3.63, 3.8) is 0 Å². The van der Waals surface area contributed by atoms with E-state index >= 15 is 0 Å². The molecule has 1 aromatic heterocycles. The summed E-state index contributed by atoms with van der Waals surface area (Å²) in [5.74, 6) is 1.57. The molecule has 0 saturated carbocycles. The molecule has 1 N–H and O–H groups in total. The molecule has 0 aliphatic heterocycles. The molecule has 1 atom stereocenters. The van der Waals surface area contributed by atoms with Crippen molar-refractivity contribution < 1.29 is 9.15 Å². The first-order chi connectivity index (χ1) is 8.92. The zero-order valence-electron chi connectivity index (χ0n) is 13.1. The van der Waals surface area contributed by atoms with Crippen LogP contribution in [-0.4, -0.2) is 12.1 Å². The summed E-state index contributed by atoms with van der Waals surface area (Å²) < 4.78 is 11.3. The summed E-state index contributed by atoms with van der Waals surface area (Å²) >= 11 is 0. The number of hydrogen-bond acceptors (Lipinski definition) is 3. The summed E-state index contributed by atoms with van der Waals surface area (Å²) in [6, 6.07) is 2.02.